The Morgan fingerprint density at radius 3 is 2.32 bits per heavy atom. The number of aromatic amines is 1. The minimum Gasteiger partial charge on any atom is -0.494 e. The molecule has 0 fully saturated rings. The van der Waals surface area contributed by atoms with Crippen LogP contribution in [0.5, 0.6) is 5.88 Å². The standard InChI is InChI=1S/C29H32BrN5O2/c1-33(2)16-17-34(3)19-26(36)35(4)23-13-11-22(12-14-23)31-28(20-8-6-5-7-9-20)27-24-15-10-21(30)18-25(24)32-29(27)37/h5-15,18,32,37H,16-17,19H2,1-4H3. The lowest BCUT2D eigenvalue weighted by Gasteiger charge is -2.23. The zero-order valence-electron chi connectivity index (χ0n) is 21.6. The maximum Gasteiger partial charge on any atom is 0.240 e. The lowest BCUT2D eigenvalue weighted by molar-refractivity contribution is -0.119. The molecule has 0 saturated carbocycles. The van der Waals surface area contributed by atoms with Gasteiger partial charge in [-0.05, 0) is 57.5 Å². The summed E-state index contributed by atoms with van der Waals surface area (Å²) in [6.45, 7) is 2.06. The molecule has 2 N–H and O–H groups in total. The van der Waals surface area contributed by atoms with Crippen LogP contribution in [0, 0.1) is 0 Å². The van der Waals surface area contributed by atoms with Gasteiger partial charge in [0, 0.05) is 41.2 Å². The van der Waals surface area contributed by atoms with Gasteiger partial charge >= 0.3 is 0 Å². The van der Waals surface area contributed by atoms with Crippen LogP contribution in [0.1, 0.15) is 11.1 Å². The van der Waals surface area contributed by atoms with Crippen LogP contribution < -0.4 is 4.90 Å². The normalized spacial score (nSPS) is 12.0. The highest BCUT2D eigenvalue weighted by atomic mass is 79.9. The maximum absolute atomic E-state index is 12.8. The minimum absolute atomic E-state index is 0.0253. The van der Waals surface area contributed by atoms with Crippen molar-refractivity contribution in [2.75, 3.05) is 52.7 Å². The fraction of sp³-hybridized carbons (Fsp3) is 0.241. The predicted molar refractivity (Wildman–Crippen MR) is 155 cm³/mol. The SMILES string of the molecule is CN(C)CCN(C)CC(=O)N(C)c1ccc(N=C(c2ccccc2)c2c(O)[nH]c3cc(Br)ccc23)cc1. The molecule has 3 aromatic carbocycles. The van der Waals surface area contributed by atoms with E-state index in [-0.39, 0.29) is 11.8 Å². The maximum atomic E-state index is 12.8. The fourth-order valence-corrected chi connectivity index (χ4v) is 4.43. The van der Waals surface area contributed by atoms with Crippen LogP contribution in [-0.2, 0) is 4.79 Å². The summed E-state index contributed by atoms with van der Waals surface area (Å²) in [4.78, 5) is 26.6. The van der Waals surface area contributed by atoms with E-state index in [2.05, 4.69) is 25.8 Å². The highest BCUT2D eigenvalue weighted by Gasteiger charge is 2.19. The highest BCUT2D eigenvalue weighted by Crippen LogP contribution is 2.33. The van der Waals surface area contributed by atoms with Crippen LogP contribution in [0.2, 0.25) is 0 Å². The van der Waals surface area contributed by atoms with Crippen molar-refractivity contribution in [3.8, 4) is 5.88 Å². The summed E-state index contributed by atoms with van der Waals surface area (Å²) in [6.07, 6.45) is 0. The van der Waals surface area contributed by atoms with Crippen LogP contribution in [0.15, 0.2) is 82.3 Å². The van der Waals surface area contributed by atoms with Crippen molar-refractivity contribution in [3.05, 3.63) is 88.4 Å². The molecular weight excluding hydrogens is 530 g/mol. The number of hydrogen-bond acceptors (Lipinski definition) is 5. The van der Waals surface area contributed by atoms with E-state index >= 15 is 0 Å². The fourth-order valence-electron chi connectivity index (χ4n) is 4.07. The summed E-state index contributed by atoms with van der Waals surface area (Å²) >= 11 is 3.49. The third-order valence-electron chi connectivity index (χ3n) is 6.21. The molecule has 192 valence electrons. The zero-order valence-corrected chi connectivity index (χ0v) is 23.2. The molecule has 37 heavy (non-hydrogen) atoms. The third-order valence-corrected chi connectivity index (χ3v) is 6.70. The molecule has 4 aromatic rings. The summed E-state index contributed by atoms with van der Waals surface area (Å²) in [6, 6.07) is 23.2. The van der Waals surface area contributed by atoms with Crippen LogP contribution >= 0.6 is 15.9 Å². The number of carbonyl (C=O) groups is 1. The summed E-state index contributed by atoms with van der Waals surface area (Å²) in [5.74, 6) is 0.0911. The van der Waals surface area contributed by atoms with E-state index in [0.717, 1.165) is 45.4 Å². The molecule has 0 aliphatic carbocycles. The number of nitrogens with zero attached hydrogens (tertiary/aromatic N) is 4. The molecule has 8 heteroatoms. The molecule has 0 bridgehead atoms. The number of amides is 1. The molecule has 4 rings (SSSR count). The Morgan fingerprint density at radius 1 is 0.946 bits per heavy atom. The number of H-pyrrole nitrogens is 1. The number of fused-ring (bicyclic) bond motifs is 1. The first-order valence-electron chi connectivity index (χ1n) is 12.1. The molecule has 0 atom stereocenters. The number of carbonyl (C=O) groups excluding carboxylic acids is 1. The topological polar surface area (TPSA) is 75.2 Å². The van der Waals surface area contributed by atoms with Gasteiger partial charge in [0.05, 0.1) is 29.0 Å². The molecule has 0 spiro atoms. The van der Waals surface area contributed by atoms with Gasteiger partial charge in [0.15, 0.2) is 5.88 Å². The quantitative estimate of drug-likeness (QED) is 0.273. The number of hydrogen-bond donors (Lipinski definition) is 2. The minimum atomic E-state index is 0.0253. The summed E-state index contributed by atoms with van der Waals surface area (Å²) in [7, 11) is 7.79. The Bertz CT molecular complexity index is 1400. The number of aromatic hydroxyl groups is 1. The first-order chi connectivity index (χ1) is 17.7. The Morgan fingerprint density at radius 2 is 1.65 bits per heavy atom. The lowest BCUT2D eigenvalue weighted by atomic mass is 10.0. The van der Waals surface area contributed by atoms with Gasteiger partial charge in [-0.15, -0.1) is 0 Å². The number of anilines is 1. The number of rotatable bonds is 9. The van der Waals surface area contributed by atoms with Gasteiger partial charge in [-0.25, -0.2) is 4.99 Å². The smallest absolute Gasteiger partial charge is 0.240 e. The Balaban J connectivity index is 1.62. The van der Waals surface area contributed by atoms with Gasteiger partial charge in [-0.3, -0.25) is 9.69 Å². The van der Waals surface area contributed by atoms with Gasteiger partial charge in [-0.1, -0.05) is 52.3 Å². The number of nitrogens with one attached hydrogen (secondary N) is 1. The van der Waals surface area contributed by atoms with Crippen molar-refractivity contribution in [3.63, 3.8) is 0 Å². The van der Waals surface area contributed by atoms with Crippen molar-refractivity contribution in [2.24, 2.45) is 4.99 Å². The largest absolute Gasteiger partial charge is 0.494 e. The van der Waals surface area contributed by atoms with Gasteiger partial charge in [0.1, 0.15) is 0 Å². The van der Waals surface area contributed by atoms with E-state index in [1.807, 2.05) is 98.8 Å². The predicted octanol–water partition coefficient (Wildman–Crippen LogP) is 5.26. The first kappa shape index (κ1) is 26.6. The number of likely N-dealkylation sites (N-methyl/N-ethyl adjacent to an activating group) is 3. The molecule has 0 aliphatic heterocycles. The second kappa shape index (κ2) is 11.7. The van der Waals surface area contributed by atoms with Gasteiger partial charge < -0.3 is 19.9 Å². The van der Waals surface area contributed by atoms with Gasteiger partial charge in [0.25, 0.3) is 0 Å². The lowest BCUT2D eigenvalue weighted by Crippen LogP contribution is -2.39. The first-order valence-corrected chi connectivity index (χ1v) is 12.9. The van der Waals surface area contributed by atoms with Crippen molar-refractivity contribution in [1.82, 2.24) is 14.8 Å². The second-order valence-electron chi connectivity index (χ2n) is 9.38. The monoisotopic (exact) mass is 561 g/mol. The number of benzene rings is 3. The number of halogens is 1. The molecule has 7 nitrogen and oxygen atoms in total. The zero-order chi connectivity index (χ0) is 26.5. The molecule has 0 unspecified atom stereocenters. The Hall–Kier alpha value is -3.46. The average Bonchev–Trinajstić information content (AvgIpc) is 3.20. The Kier molecular flexibility index (Phi) is 8.43. The van der Waals surface area contributed by atoms with Crippen molar-refractivity contribution in [2.45, 2.75) is 0 Å². The van der Waals surface area contributed by atoms with Gasteiger partial charge in [-0.2, -0.15) is 0 Å². The van der Waals surface area contributed by atoms with Crippen LogP contribution in [-0.4, -0.2) is 79.3 Å². The summed E-state index contributed by atoms with van der Waals surface area (Å²) < 4.78 is 0.921. The average molecular weight is 563 g/mol. The number of aliphatic imine (C=N–C) groups is 1. The van der Waals surface area contributed by atoms with E-state index in [0.29, 0.717) is 17.8 Å². The van der Waals surface area contributed by atoms with Gasteiger partial charge in [0.2, 0.25) is 5.91 Å². The molecule has 1 heterocycles. The second-order valence-corrected chi connectivity index (χ2v) is 10.3. The van der Waals surface area contributed by atoms with Crippen LogP contribution in [0.3, 0.4) is 0 Å². The van der Waals surface area contributed by atoms with E-state index in [9.17, 15) is 9.90 Å². The van der Waals surface area contributed by atoms with E-state index < -0.39 is 0 Å². The molecular formula is C29H32BrN5O2. The van der Waals surface area contributed by atoms with E-state index in [1.54, 1.807) is 11.9 Å². The van der Waals surface area contributed by atoms with Crippen molar-refractivity contribution < 1.29 is 9.90 Å². The molecule has 0 aliphatic rings. The van der Waals surface area contributed by atoms with Crippen LogP contribution in [0.25, 0.3) is 10.9 Å². The van der Waals surface area contributed by atoms with Crippen molar-refractivity contribution in [1.29, 1.82) is 0 Å². The van der Waals surface area contributed by atoms with E-state index in [4.69, 9.17) is 4.99 Å². The molecule has 0 saturated heterocycles. The van der Waals surface area contributed by atoms with E-state index in [1.165, 1.54) is 0 Å². The summed E-state index contributed by atoms with van der Waals surface area (Å²) in [5, 5.41) is 11.7. The molecule has 1 amide bonds. The highest BCUT2D eigenvalue weighted by molar-refractivity contribution is 9.10. The molecule has 0 radical (unpaired) electrons. The Labute approximate surface area is 226 Å². The van der Waals surface area contributed by atoms with Crippen molar-refractivity contribution >= 4 is 49.8 Å². The summed E-state index contributed by atoms with van der Waals surface area (Å²) in [5.41, 5.74) is 4.52. The molecule has 1 aromatic heterocycles. The third kappa shape index (κ3) is 6.46. The van der Waals surface area contributed by atoms with Crippen LogP contribution in [0.4, 0.5) is 11.4 Å². The number of aromatic nitrogens is 1.